The summed E-state index contributed by atoms with van der Waals surface area (Å²) in [5.74, 6) is -1.11. The van der Waals surface area contributed by atoms with Gasteiger partial charge >= 0.3 is 11.9 Å². The average Bonchev–Trinajstić information content (AvgIpc) is 2.76. The van der Waals surface area contributed by atoms with Gasteiger partial charge in [-0.15, -0.1) is 0 Å². The Bertz CT molecular complexity index is 310. The van der Waals surface area contributed by atoms with E-state index in [9.17, 15) is 9.59 Å². The lowest BCUT2D eigenvalue weighted by atomic mass is 9.87. The Hall–Kier alpha value is -1.32. The number of carbonyl (C=O) groups is 2. The Morgan fingerprint density at radius 2 is 2.07 bits per heavy atom. The van der Waals surface area contributed by atoms with Gasteiger partial charge in [0.05, 0.1) is 5.92 Å². The molecule has 1 N–H and O–H groups in total. The monoisotopic (exact) mass is 210 g/mol. The van der Waals surface area contributed by atoms with Gasteiger partial charge in [-0.05, 0) is 25.2 Å². The summed E-state index contributed by atoms with van der Waals surface area (Å²) in [6.45, 7) is 3.33. The third-order valence-electron chi connectivity index (χ3n) is 3.50. The topological polar surface area (TPSA) is 63.6 Å². The fraction of sp³-hybridized carbons (Fsp3) is 0.636. The molecule has 2 saturated carbocycles. The first-order valence-electron chi connectivity index (χ1n) is 5.17. The van der Waals surface area contributed by atoms with Crippen LogP contribution in [-0.4, -0.2) is 23.1 Å². The van der Waals surface area contributed by atoms with Gasteiger partial charge in [-0.3, -0.25) is 4.79 Å². The molecule has 2 bridgehead atoms. The van der Waals surface area contributed by atoms with Crippen molar-refractivity contribution in [1.82, 2.24) is 0 Å². The van der Waals surface area contributed by atoms with Gasteiger partial charge in [0.25, 0.3) is 0 Å². The van der Waals surface area contributed by atoms with Crippen LogP contribution in [0, 0.1) is 17.8 Å². The lowest BCUT2D eigenvalue weighted by molar-refractivity contribution is -0.153. The average molecular weight is 210 g/mol. The minimum atomic E-state index is -0.762. The van der Waals surface area contributed by atoms with Crippen LogP contribution < -0.4 is 0 Å². The first-order valence-corrected chi connectivity index (χ1v) is 5.17. The predicted molar refractivity (Wildman–Crippen MR) is 52.0 cm³/mol. The van der Waals surface area contributed by atoms with E-state index in [0.29, 0.717) is 5.92 Å². The second kappa shape index (κ2) is 3.68. The predicted octanol–water partition coefficient (Wildman–Crippen LogP) is 1.21. The number of aliphatic carboxylic acids is 1. The number of fused-ring (bicyclic) bond motifs is 2. The number of esters is 1. The lowest BCUT2D eigenvalue weighted by Gasteiger charge is -2.26. The Morgan fingerprint density at radius 3 is 2.60 bits per heavy atom. The van der Waals surface area contributed by atoms with Gasteiger partial charge in [-0.1, -0.05) is 6.58 Å². The number of rotatable bonds is 3. The molecule has 0 aromatic carbocycles. The summed E-state index contributed by atoms with van der Waals surface area (Å²) in [7, 11) is 0. The summed E-state index contributed by atoms with van der Waals surface area (Å²) >= 11 is 0. The molecule has 4 atom stereocenters. The molecule has 2 rings (SSSR count). The summed E-state index contributed by atoms with van der Waals surface area (Å²) in [6.07, 6.45) is 3.35. The number of hydrogen-bond acceptors (Lipinski definition) is 3. The molecule has 2 aliphatic carbocycles. The van der Waals surface area contributed by atoms with Crippen LogP contribution in [0.3, 0.4) is 0 Å². The molecule has 4 nitrogen and oxygen atoms in total. The molecular formula is C11H14O4. The van der Waals surface area contributed by atoms with Crippen molar-refractivity contribution in [1.29, 1.82) is 0 Å². The molecular weight excluding hydrogens is 196 g/mol. The van der Waals surface area contributed by atoms with E-state index in [0.717, 1.165) is 25.3 Å². The van der Waals surface area contributed by atoms with E-state index in [1.807, 2.05) is 0 Å². The summed E-state index contributed by atoms with van der Waals surface area (Å²) in [5.41, 5.74) is 0. The van der Waals surface area contributed by atoms with Crippen molar-refractivity contribution >= 4 is 11.9 Å². The van der Waals surface area contributed by atoms with Gasteiger partial charge in [-0.2, -0.15) is 0 Å². The van der Waals surface area contributed by atoms with E-state index >= 15 is 0 Å². The first kappa shape index (κ1) is 10.2. The quantitative estimate of drug-likeness (QED) is 0.562. The van der Waals surface area contributed by atoms with E-state index in [1.165, 1.54) is 0 Å². The maximum Gasteiger partial charge on any atom is 0.330 e. The van der Waals surface area contributed by atoms with Crippen molar-refractivity contribution in [3.63, 3.8) is 0 Å². The second-order valence-corrected chi connectivity index (χ2v) is 4.36. The van der Waals surface area contributed by atoms with Gasteiger partial charge in [0.2, 0.25) is 0 Å². The Morgan fingerprint density at radius 1 is 1.33 bits per heavy atom. The Balaban J connectivity index is 2.02. The molecule has 4 unspecified atom stereocenters. The van der Waals surface area contributed by atoms with Gasteiger partial charge < -0.3 is 9.84 Å². The molecule has 82 valence electrons. The molecule has 0 aromatic heterocycles. The van der Waals surface area contributed by atoms with E-state index in [2.05, 4.69) is 6.58 Å². The van der Waals surface area contributed by atoms with Gasteiger partial charge in [-0.25, -0.2) is 4.79 Å². The molecule has 0 aliphatic heterocycles. The second-order valence-electron chi connectivity index (χ2n) is 4.36. The summed E-state index contributed by atoms with van der Waals surface area (Å²) in [6, 6.07) is 0. The molecule has 0 spiro atoms. The highest BCUT2D eigenvalue weighted by Crippen LogP contribution is 2.49. The number of ether oxygens (including phenoxy) is 1. The largest absolute Gasteiger partial charge is 0.481 e. The summed E-state index contributed by atoms with van der Waals surface area (Å²) < 4.78 is 5.15. The Labute approximate surface area is 87.9 Å². The zero-order valence-corrected chi connectivity index (χ0v) is 8.39. The molecule has 15 heavy (non-hydrogen) atoms. The highest BCUT2D eigenvalue weighted by atomic mass is 16.5. The van der Waals surface area contributed by atoms with Gasteiger partial charge in [0, 0.05) is 12.0 Å². The number of carboxylic acid groups (broad SMARTS) is 1. The zero-order chi connectivity index (χ0) is 11.0. The van der Waals surface area contributed by atoms with Crippen molar-refractivity contribution in [2.24, 2.45) is 17.8 Å². The number of hydrogen-bond donors (Lipinski definition) is 1. The maximum absolute atomic E-state index is 11.0. The SMILES string of the molecule is C=CC(=O)OC1CC2CC(C(=O)O)C1C2. The molecule has 2 fully saturated rings. The molecule has 0 amide bonds. The van der Waals surface area contributed by atoms with E-state index in [1.54, 1.807) is 0 Å². The summed E-state index contributed by atoms with van der Waals surface area (Å²) in [4.78, 5) is 22.0. The first-order chi connectivity index (χ1) is 7.11. The van der Waals surface area contributed by atoms with Crippen LogP contribution in [-0.2, 0) is 14.3 Å². The van der Waals surface area contributed by atoms with Crippen molar-refractivity contribution in [3.8, 4) is 0 Å². The van der Waals surface area contributed by atoms with E-state index in [-0.39, 0.29) is 17.9 Å². The van der Waals surface area contributed by atoms with Crippen molar-refractivity contribution in [2.45, 2.75) is 25.4 Å². The smallest absolute Gasteiger partial charge is 0.330 e. The molecule has 0 heterocycles. The van der Waals surface area contributed by atoms with E-state index in [4.69, 9.17) is 9.84 Å². The lowest BCUT2D eigenvalue weighted by Crippen LogP contribution is -2.33. The highest BCUT2D eigenvalue weighted by molar-refractivity contribution is 5.81. The highest BCUT2D eigenvalue weighted by Gasteiger charge is 2.50. The van der Waals surface area contributed by atoms with Crippen LogP contribution in [0.1, 0.15) is 19.3 Å². The van der Waals surface area contributed by atoms with Crippen LogP contribution in [0.5, 0.6) is 0 Å². The molecule has 4 heteroatoms. The van der Waals surface area contributed by atoms with Crippen LogP contribution >= 0.6 is 0 Å². The number of carboxylic acids is 1. The molecule has 2 aliphatic rings. The summed E-state index contributed by atoms with van der Waals surface area (Å²) in [5, 5.41) is 8.98. The van der Waals surface area contributed by atoms with Crippen molar-refractivity contribution in [2.75, 3.05) is 0 Å². The van der Waals surface area contributed by atoms with Crippen LogP contribution in [0.2, 0.25) is 0 Å². The fourth-order valence-electron chi connectivity index (χ4n) is 2.90. The molecule has 0 radical (unpaired) electrons. The zero-order valence-electron chi connectivity index (χ0n) is 8.39. The third-order valence-corrected chi connectivity index (χ3v) is 3.50. The minimum absolute atomic E-state index is 0.0106. The van der Waals surface area contributed by atoms with Crippen LogP contribution in [0.25, 0.3) is 0 Å². The van der Waals surface area contributed by atoms with E-state index < -0.39 is 11.9 Å². The van der Waals surface area contributed by atoms with Crippen molar-refractivity contribution in [3.05, 3.63) is 12.7 Å². The van der Waals surface area contributed by atoms with Crippen LogP contribution in [0.4, 0.5) is 0 Å². The number of carbonyl (C=O) groups excluding carboxylic acids is 1. The third kappa shape index (κ3) is 1.76. The van der Waals surface area contributed by atoms with Gasteiger partial charge in [0.15, 0.2) is 0 Å². The Kier molecular flexibility index (Phi) is 2.50. The minimum Gasteiger partial charge on any atom is -0.481 e. The standard InChI is InChI=1S/C11H14O4/c1-2-10(12)15-9-5-6-3-7(9)8(4-6)11(13)14/h2,6-9H,1,3-5H2,(H,13,14). The van der Waals surface area contributed by atoms with Crippen LogP contribution in [0.15, 0.2) is 12.7 Å². The molecule has 0 aromatic rings. The van der Waals surface area contributed by atoms with Crippen molar-refractivity contribution < 1.29 is 19.4 Å². The normalized spacial score (nSPS) is 37.6. The fourth-order valence-corrected chi connectivity index (χ4v) is 2.90. The van der Waals surface area contributed by atoms with Gasteiger partial charge in [0.1, 0.15) is 6.10 Å². The maximum atomic E-state index is 11.0. The molecule has 0 saturated heterocycles.